The minimum absolute atomic E-state index is 0.0500. The highest BCUT2D eigenvalue weighted by Crippen LogP contribution is 2.39. The fourth-order valence-electron chi connectivity index (χ4n) is 2.02. The van der Waals surface area contributed by atoms with Gasteiger partial charge >= 0.3 is 11.7 Å². The van der Waals surface area contributed by atoms with Crippen LogP contribution in [0.25, 0.3) is 6.08 Å². The molecular weight excluding hydrogens is 304 g/mol. The van der Waals surface area contributed by atoms with E-state index in [9.17, 15) is 14.9 Å². The van der Waals surface area contributed by atoms with Crippen LogP contribution >= 0.6 is 0 Å². The molecule has 1 aliphatic heterocycles. The Hall–Kier alpha value is -2.90. The number of rotatable bonds is 5. The van der Waals surface area contributed by atoms with Gasteiger partial charge in [-0.05, 0) is 38.5 Å². The maximum absolute atomic E-state index is 11.6. The van der Waals surface area contributed by atoms with Gasteiger partial charge in [-0.25, -0.2) is 4.79 Å². The van der Waals surface area contributed by atoms with E-state index in [0.29, 0.717) is 11.3 Å². The molecule has 2 rings (SSSR count). The average Bonchev–Trinajstić information content (AvgIpc) is 2.79. The molecule has 1 heterocycles. The van der Waals surface area contributed by atoms with Gasteiger partial charge in [0.2, 0.25) is 5.75 Å². The Labute approximate surface area is 132 Å². The van der Waals surface area contributed by atoms with Crippen molar-refractivity contribution in [3.63, 3.8) is 0 Å². The summed E-state index contributed by atoms with van der Waals surface area (Å²) >= 11 is 0. The molecule has 0 bridgehead atoms. The number of ether oxygens (including phenoxy) is 2. The Kier molecular flexibility index (Phi) is 4.63. The summed E-state index contributed by atoms with van der Waals surface area (Å²) in [6.07, 6.45) is 1.20. The molecule has 8 nitrogen and oxygen atoms in total. The fourth-order valence-corrected chi connectivity index (χ4v) is 2.02. The first kappa shape index (κ1) is 16.5. The molecule has 23 heavy (non-hydrogen) atoms. The van der Waals surface area contributed by atoms with Crippen LogP contribution in [0.3, 0.4) is 0 Å². The van der Waals surface area contributed by atoms with Crippen molar-refractivity contribution in [3.8, 4) is 11.5 Å². The number of carbonyl (C=O) groups is 1. The van der Waals surface area contributed by atoms with Crippen molar-refractivity contribution in [2.24, 2.45) is 5.16 Å². The maximum Gasteiger partial charge on any atom is 0.367 e. The summed E-state index contributed by atoms with van der Waals surface area (Å²) in [5, 5.41) is 14.9. The van der Waals surface area contributed by atoms with Crippen molar-refractivity contribution < 1.29 is 24.0 Å². The lowest BCUT2D eigenvalue weighted by atomic mass is 10.1. The lowest BCUT2D eigenvalue weighted by Gasteiger charge is -2.14. The van der Waals surface area contributed by atoms with Crippen molar-refractivity contribution >= 4 is 23.4 Å². The number of nitrogens with zero attached hydrogens (tertiary/aromatic N) is 2. The summed E-state index contributed by atoms with van der Waals surface area (Å²) in [7, 11) is 1.39. The Morgan fingerprint density at radius 2 is 2.09 bits per heavy atom. The molecule has 1 aliphatic rings. The molecule has 0 saturated heterocycles. The van der Waals surface area contributed by atoms with E-state index < -0.39 is 10.9 Å². The number of nitro groups is 1. The lowest BCUT2D eigenvalue weighted by molar-refractivity contribution is -0.386. The minimum atomic E-state index is -0.605. The number of nitro benzene ring substituents is 1. The second kappa shape index (κ2) is 6.47. The number of methoxy groups -OCH3 is 1. The van der Waals surface area contributed by atoms with E-state index >= 15 is 0 Å². The molecule has 0 amide bonds. The van der Waals surface area contributed by atoms with Crippen molar-refractivity contribution in [1.29, 1.82) is 0 Å². The fraction of sp³-hybridized carbons (Fsp3) is 0.333. The zero-order valence-corrected chi connectivity index (χ0v) is 13.2. The molecule has 0 aliphatic carbocycles. The predicted molar refractivity (Wildman–Crippen MR) is 82.6 cm³/mol. The van der Waals surface area contributed by atoms with Gasteiger partial charge in [-0.1, -0.05) is 5.16 Å². The highest BCUT2D eigenvalue weighted by Gasteiger charge is 2.25. The Balaban J connectivity index is 2.57. The van der Waals surface area contributed by atoms with Gasteiger partial charge in [0.05, 0.1) is 29.4 Å². The van der Waals surface area contributed by atoms with Crippen LogP contribution in [0.1, 0.15) is 26.3 Å². The topological polar surface area (TPSA) is 100 Å². The Bertz CT molecular complexity index is 721. The summed E-state index contributed by atoms with van der Waals surface area (Å²) in [5.74, 6) is -0.346. The van der Waals surface area contributed by atoms with Gasteiger partial charge in [0.25, 0.3) is 0 Å². The van der Waals surface area contributed by atoms with Crippen molar-refractivity contribution in [1.82, 2.24) is 0 Å². The van der Waals surface area contributed by atoms with Crippen molar-refractivity contribution in [2.75, 3.05) is 7.11 Å². The third kappa shape index (κ3) is 3.47. The molecular formula is C15H16N2O6. The normalized spacial score (nSPS) is 15.6. The van der Waals surface area contributed by atoms with E-state index in [4.69, 9.17) is 9.47 Å². The molecule has 0 radical (unpaired) electrons. The van der Waals surface area contributed by atoms with Crippen LogP contribution in [-0.2, 0) is 9.63 Å². The first-order chi connectivity index (χ1) is 10.8. The zero-order valence-electron chi connectivity index (χ0n) is 13.2. The van der Waals surface area contributed by atoms with Crippen LogP contribution in [0, 0.1) is 10.1 Å². The Morgan fingerprint density at radius 3 is 2.57 bits per heavy atom. The molecule has 0 aromatic heterocycles. The van der Waals surface area contributed by atoms with Gasteiger partial charge in [-0.15, -0.1) is 0 Å². The monoisotopic (exact) mass is 320 g/mol. The summed E-state index contributed by atoms with van der Waals surface area (Å²) in [4.78, 5) is 26.9. The molecule has 0 atom stereocenters. The molecule has 0 fully saturated rings. The number of benzene rings is 1. The van der Waals surface area contributed by atoms with Crippen LogP contribution < -0.4 is 9.47 Å². The number of hydrogen-bond donors (Lipinski definition) is 0. The van der Waals surface area contributed by atoms with Crippen molar-refractivity contribution in [3.05, 3.63) is 33.4 Å². The first-order valence-electron chi connectivity index (χ1n) is 6.84. The number of oxime groups is 1. The second-order valence-corrected chi connectivity index (χ2v) is 5.11. The van der Waals surface area contributed by atoms with Crippen LogP contribution in [0.5, 0.6) is 11.5 Å². The van der Waals surface area contributed by atoms with Gasteiger partial charge in [0.15, 0.2) is 5.75 Å². The molecule has 1 aromatic carbocycles. The average molecular weight is 320 g/mol. The minimum Gasteiger partial charge on any atom is -0.493 e. The third-order valence-electron chi connectivity index (χ3n) is 3.01. The van der Waals surface area contributed by atoms with Gasteiger partial charge in [-0.2, -0.15) is 0 Å². The summed E-state index contributed by atoms with van der Waals surface area (Å²) < 4.78 is 10.7. The third-order valence-corrected chi connectivity index (χ3v) is 3.01. The van der Waals surface area contributed by atoms with E-state index in [0.717, 1.165) is 0 Å². The molecule has 0 N–H and O–H groups in total. The lowest BCUT2D eigenvalue weighted by Crippen LogP contribution is -2.09. The maximum atomic E-state index is 11.6. The number of carbonyl (C=O) groups excluding carboxylic acids is 1. The van der Waals surface area contributed by atoms with Crippen LogP contribution in [-0.4, -0.2) is 29.8 Å². The largest absolute Gasteiger partial charge is 0.493 e. The summed E-state index contributed by atoms with van der Waals surface area (Å²) in [6.45, 7) is 5.12. The standard InChI is InChI=1S/C15H16N2O6/c1-8(2)22-14-12(17(19)20)6-10(7-13(14)21-4)5-11-9(3)16-23-15(11)18/h5-8H,1-4H3/b11-5-. The molecule has 0 spiro atoms. The van der Waals surface area contributed by atoms with E-state index in [-0.39, 0.29) is 28.9 Å². The highest BCUT2D eigenvalue weighted by molar-refractivity contribution is 6.24. The molecule has 0 saturated carbocycles. The van der Waals surface area contributed by atoms with E-state index in [2.05, 4.69) is 9.99 Å². The van der Waals surface area contributed by atoms with Gasteiger partial charge in [0.1, 0.15) is 0 Å². The summed E-state index contributed by atoms with van der Waals surface area (Å²) in [5.41, 5.74) is 0.803. The van der Waals surface area contributed by atoms with Crippen LogP contribution in [0.4, 0.5) is 5.69 Å². The van der Waals surface area contributed by atoms with Gasteiger partial charge < -0.3 is 14.3 Å². The second-order valence-electron chi connectivity index (χ2n) is 5.11. The van der Waals surface area contributed by atoms with Crippen molar-refractivity contribution in [2.45, 2.75) is 26.9 Å². The first-order valence-corrected chi connectivity index (χ1v) is 6.84. The smallest absolute Gasteiger partial charge is 0.367 e. The van der Waals surface area contributed by atoms with E-state index in [1.807, 2.05) is 0 Å². The SMILES string of the molecule is COc1cc(/C=C2\C(=O)ON=C2C)cc([N+](=O)[O-])c1OC(C)C. The van der Waals surface area contributed by atoms with Gasteiger partial charge in [-0.3, -0.25) is 10.1 Å². The van der Waals surface area contributed by atoms with Gasteiger partial charge in [0, 0.05) is 6.07 Å². The molecule has 1 aromatic rings. The van der Waals surface area contributed by atoms with E-state index in [1.165, 1.54) is 19.3 Å². The quantitative estimate of drug-likeness (QED) is 0.358. The molecule has 122 valence electrons. The molecule has 8 heteroatoms. The predicted octanol–water partition coefficient (Wildman–Crippen LogP) is 2.71. The number of hydrogen-bond acceptors (Lipinski definition) is 7. The summed E-state index contributed by atoms with van der Waals surface area (Å²) in [6, 6.07) is 2.86. The zero-order chi connectivity index (χ0) is 17.1. The van der Waals surface area contributed by atoms with E-state index in [1.54, 1.807) is 26.8 Å². The van der Waals surface area contributed by atoms with Crippen LogP contribution in [0.2, 0.25) is 0 Å². The molecule has 0 unspecified atom stereocenters. The Morgan fingerprint density at radius 1 is 1.39 bits per heavy atom. The highest BCUT2D eigenvalue weighted by atomic mass is 16.7. The van der Waals surface area contributed by atoms with Crippen LogP contribution in [0.15, 0.2) is 22.9 Å².